The van der Waals surface area contributed by atoms with Crippen LogP contribution in [0.2, 0.25) is 0 Å². The van der Waals surface area contributed by atoms with Gasteiger partial charge in [0.15, 0.2) is 0 Å². The van der Waals surface area contributed by atoms with E-state index in [1.165, 1.54) is 4.90 Å². The minimum Gasteiger partial charge on any atom is -0.381 e. The molecule has 1 N–H and O–H groups in total. The van der Waals surface area contributed by atoms with E-state index in [1.807, 2.05) is 0 Å². The van der Waals surface area contributed by atoms with Gasteiger partial charge in [-0.3, -0.25) is 9.69 Å². The Balaban J connectivity index is 1.94. The average Bonchev–Trinajstić information content (AvgIpc) is 2.60. The molecule has 2 fully saturated rings. The molecule has 0 saturated carbocycles. The summed E-state index contributed by atoms with van der Waals surface area (Å²) in [4.78, 5) is 25.8. The molecule has 0 radical (unpaired) electrons. The Morgan fingerprint density at radius 1 is 1.37 bits per heavy atom. The van der Waals surface area contributed by atoms with Crippen LogP contribution in [0.15, 0.2) is 0 Å². The third-order valence-electron chi connectivity index (χ3n) is 4.06. The highest BCUT2D eigenvalue weighted by Crippen LogP contribution is 2.28. The van der Waals surface area contributed by atoms with Crippen molar-refractivity contribution < 1.29 is 14.3 Å². The standard InChI is InChI=1S/C13H22N2O3S/c1-10(3-9-19)2-6-15-11(16)13(14-12(15)17)4-7-18-8-5-13/h10,19H,2-9H2,1H3,(H,14,17). The summed E-state index contributed by atoms with van der Waals surface area (Å²) in [6.07, 6.45) is 3.01. The Bertz CT molecular complexity index is 356. The van der Waals surface area contributed by atoms with Crippen molar-refractivity contribution in [2.24, 2.45) is 5.92 Å². The molecule has 2 aliphatic heterocycles. The van der Waals surface area contributed by atoms with Crippen LogP contribution in [0, 0.1) is 5.92 Å². The molecule has 0 bridgehead atoms. The summed E-state index contributed by atoms with van der Waals surface area (Å²) in [7, 11) is 0. The van der Waals surface area contributed by atoms with Gasteiger partial charge in [-0.1, -0.05) is 6.92 Å². The van der Waals surface area contributed by atoms with Gasteiger partial charge in [0.05, 0.1) is 0 Å². The van der Waals surface area contributed by atoms with Crippen LogP contribution in [0.4, 0.5) is 4.79 Å². The predicted molar refractivity (Wildman–Crippen MR) is 75.3 cm³/mol. The second-order valence-electron chi connectivity index (χ2n) is 5.49. The third-order valence-corrected chi connectivity index (χ3v) is 4.32. The van der Waals surface area contributed by atoms with Crippen LogP contribution in [-0.4, -0.2) is 47.9 Å². The molecule has 3 amide bonds. The van der Waals surface area contributed by atoms with Crippen LogP contribution >= 0.6 is 12.6 Å². The van der Waals surface area contributed by atoms with Gasteiger partial charge in [0.25, 0.3) is 5.91 Å². The number of nitrogens with zero attached hydrogens (tertiary/aromatic N) is 1. The second-order valence-corrected chi connectivity index (χ2v) is 5.93. The zero-order chi connectivity index (χ0) is 13.9. The lowest BCUT2D eigenvalue weighted by atomic mass is 9.90. The summed E-state index contributed by atoms with van der Waals surface area (Å²) < 4.78 is 5.27. The maximum Gasteiger partial charge on any atom is 0.325 e. The van der Waals surface area contributed by atoms with Crippen LogP contribution < -0.4 is 5.32 Å². The van der Waals surface area contributed by atoms with Crippen LogP contribution in [0.3, 0.4) is 0 Å². The van der Waals surface area contributed by atoms with E-state index in [-0.39, 0.29) is 11.9 Å². The van der Waals surface area contributed by atoms with E-state index < -0.39 is 5.54 Å². The van der Waals surface area contributed by atoms with Gasteiger partial charge < -0.3 is 10.1 Å². The summed E-state index contributed by atoms with van der Waals surface area (Å²) in [5, 5.41) is 2.87. The molecule has 2 aliphatic rings. The fourth-order valence-electron chi connectivity index (χ4n) is 2.65. The number of nitrogens with one attached hydrogen (secondary N) is 1. The number of thiol groups is 1. The first-order chi connectivity index (χ1) is 9.09. The Hall–Kier alpha value is -0.750. The Labute approximate surface area is 119 Å². The molecule has 1 spiro atoms. The lowest BCUT2D eigenvalue weighted by molar-refractivity contribution is -0.134. The Morgan fingerprint density at radius 2 is 2.05 bits per heavy atom. The van der Waals surface area contributed by atoms with E-state index in [2.05, 4.69) is 24.9 Å². The molecular formula is C13H22N2O3S. The molecule has 0 aromatic heterocycles. The fraction of sp³-hybridized carbons (Fsp3) is 0.846. The number of amides is 3. The number of hydrogen-bond donors (Lipinski definition) is 2. The van der Waals surface area contributed by atoms with Gasteiger partial charge in [0.2, 0.25) is 0 Å². The lowest BCUT2D eigenvalue weighted by Gasteiger charge is -2.30. The number of urea groups is 1. The highest BCUT2D eigenvalue weighted by molar-refractivity contribution is 7.80. The molecule has 1 unspecified atom stereocenters. The van der Waals surface area contributed by atoms with Gasteiger partial charge >= 0.3 is 6.03 Å². The van der Waals surface area contributed by atoms with Crippen molar-refractivity contribution in [3.05, 3.63) is 0 Å². The van der Waals surface area contributed by atoms with Gasteiger partial charge in [-0.25, -0.2) is 4.79 Å². The topological polar surface area (TPSA) is 58.6 Å². The van der Waals surface area contributed by atoms with Crippen LogP contribution in [0.25, 0.3) is 0 Å². The van der Waals surface area contributed by atoms with Crippen molar-refractivity contribution in [2.75, 3.05) is 25.5 Å². The molecule has 108 valence electrons. The largest absolute Gasteiger partial charge is 0.381 e. The first-order valence-electron chi connectivity index (χ1n) is 6.92. The maximum atomic E-state index is 12.4. The van der Waals surface area contributed by atoms with E-state index in [4.69, 9.17) is 4.74 Å². The Morgan fingerprint density at radius 3 is 2.68 bits per heavy atom. The van der Waals surface area contributed by atoms with Crippen LogP contribution in [0.5, 0.6) is 0 Å². The van der Waals surface area contributed by atoms with E-state index >= 15 is 0 Å². The number of rotatable bonds is 5. The van der Waals surface area contributed by atoms with Crippen molar-refractivity contribution in [3.8, 4) is 0 Å². The second kappa shape index (κ2) is 6.13. The minimum atomic E-state index is -0.692. The first-order valence-corrected chi connectivity index (χ1v) is 7.55. The van der Waals surface area contributed by atoms with Crippen molar-refractivity contribution in [3.63, 3.8) is 0 Å². The molecule has 1 atom stereocenters. The van der Waals surface area contributed by atoms with Crippen LogP contribution in [-0.2, 0) is 9.53 Å². The summed E-state index contributed by atoms with van der Waals surface area (Å²) in [5.74, 6) is 1.24. The van der Waals surface area contributed by atoms with Crippen LogP contribution in [0.1, 0.15) is 32.6 Å². The molecule has 2 saturated heterocycles. The van der Waals surface area contributed by atoms with Gasteiger partial charge in [-0.05, 0) is 24.5 Å². The Kier molecular flexibility index (Phi) is 4.73. The molecule has 5 nitrogen and oxygen atoms in total. The number of carbonyl (C=O) groups is 2. The summed E-state index contributed by atoms with van der Waals surface area (Å²) in [6, 6.07) is -0.245. The summed E-state index contributed by atoms with van der Waals surface area (Å²) in [5.41, 5.74) is -0.692. The van der Waals surface area contributed by atoms with Gasteiger partial charge in [-0.15, -0.1) is 0 Å². The summed E-state index contributed by atoms with van der Waals surface area (Å²) in [6.45, 7) is 3.70. The molecule has 0 aliphatic carbocycles. The van der Waals surface area contributed by atoms with Gasteiger partial charge in [-0.2, -0.15) is 12.6 Å². The molecule has 19 heavy (non-hydrogen) atoms. The number of ether oxygens (including phenoxy) is 1. The average molecular weight is 286 g/mol. The highest BCUT2D eigenvalue weighted by atomic mass is 32.1. The molecule has 6 heteroatoms. The van der Waals surface area contributed by atoms with E-state index in [1.54, 1.807) is 0 Å². The van der Waals surface area contributed by atoms with Crippen molar-refractivity contribution >= 4 is 24.6 Å². The number of hydrogen-bond acceptors (Lipinski definition) is 4. The van der Waals surface area contributed by atoms with Crippen molar-refractivity contribution in [1.29, 1.82) is 0 Å². The van der Waals surface area contributed by atoms with Gasteiger partial charge in [0, 0.05) is 32.6 Å². The predicted octanol–water partition coefficient (Wildman–Crippen LogP) is 1.43. The molecule has 2 rings (SSSR count). The zero-order valence-corrected chi connectivity index (χ0v) is 12.2. The normalized spacial score (nSPS) is 23.8. The van der Waals surface area contributed by atoms with Crippen molar-refractivity contribution in [2.45, 2.75) is 38.1 Å². The quantitative estimate of drug-likeness (QED) is 0.594. The summed E-state index contributed by atoms with van der Waals surface area (Å²) >= 11 is 4.20. The number of imide groups is 1. The van der Waals surface area contributed by atoms with Crippen molar-refractivity contribution in [1.82, 2.24) is 10.2 Å². The maximum absolute atomic E-state index is 12.4. The first kappa shape index (κ1) is 14.7. The SMILES string of the molecule is CC(CCS)CCN1C(=O)NC2(CCOCC2)C1=O. The van der Waals surface area contributed by atoms with E-state index in [0.29, 0.717) is 38.5 Å². The molecular weight excluding hydrogens is 264 g/mol. The minimum absolute atomic E-state index is 0.0705. The monoisotopic (exact) mass is 286 g/mol. The van der Waals surface area contributed by atoms with E-state index in [9.17, 15) is 9.59 Å². The highest BCUT2D eigenvalue weighted by Gasteiger charge is 2.51. The molecule has 2 heterocycles. The van der Waals surface area contributed by atoms with E-state index in [0.717, 1.165) is 18.6 Å². The number of carbonyl (C=O) groups excluding carboxylic acids is 2. The lowest BCUT2D eigenvalue weighted by Crippen LogP contribution is -2.51. The molecule has 0 aromatic rings. The van der Waals surface area contributed by atoms with Gasteiger partial charge in [0.1, 0.15) is 5.54 Å². The third kappa shape index (κ3) is 3.05. The zero-order valence-electron chi connectivity index (χ0n) is 11.4. The fourth-order valence-corrected chi connectivity index (χ4v) is 3.09. The smallest absolute Gasteiger partial charge is 0.325 e. The molecule has 0 aromatic carbocycles.